The van der Waals surface area contributed by atoms with Crippen LogP contribution in [-0.4, -0.2) is 45.3 Å². The molecule has 0 aliphatic carbocycles. The van der Waals surface area contributed by atoms with Crippen molar-refractivity contribution in [1.29, 1.82) is 0 Å². The molecule has 0 saturated heterocycles. The summed E-state index contributed by atoms with van der Waals surface area (Å²) in [7, 11) is 6.17. The number of hydrogen-bond donors (Lipinski definition) is 0. The molecular formula is C20H22N2O6. The summed E-state index contributed by atoms with van der Waals surface area (Å²) in [5.74, 6) is 2.16. The van der Waals surface area contributed by atoms with Gasteiger partial charge in [0.05, 0.1) is 28.4 Å². The predicted molar refractivity (Wildman–Crippen MR) is 102 cm³/mol. The first-order valence-electron chi connectivity index (χ1n) is 8.51. The Balaban J connectivity index is 1.99. The maximum Gasteiger partial charge on any atom is 0.243 e. The molecule has 1 atom stereocenters. The molecule has 2 aromatic carbocycles. The number of amides is 1. The molecule has 1 heterocycles. The second kappa shape index (κ2) is 8.08. The molecule has 0 N–H and O–H groups in total. The van der Waals surface area contributed by atoms with Gasteiger partial charge in [-0.1, -0.05) is 0 Å². The highest BCUT2D eigenvalue weighted by Gasteiger charge is 2.34. The van der Waals surface area contributed by atoms with Gasteiger partial charge in [0.1, 0.15) is 5.75 Å². The van der Waals surface area contributed by atoms with Gasteiger partial charge < -0.3 is 23.7 Å². The van der Waals surface area contributed by atoms with Gasteiger partial charge in [0.15, 0.2) is 11.5 Å². The summed E-state index contributed by atoms with van der Waals surface area (Å²) in [6, 6.07) is 10.7. The molecule has 0 saturated carbocycles. The summed E-state index contributed by atoms with van der Waals surface area (Å²) in [4.78, 5) is 12.2. The molecule has 0 fully saturated rings. The molecule has 1 unspecified atom stereocenters. The van der Waals surface area contributed by atoms with Gasteiger partial charge in [-0.25, -0.2) is 0 Å². The Morgan fingerprint density at radius 1 is 0.964 bits per heavy atom. The summed E-state index contributed by atoms with van der Waals surface area (Å²) in [6.45, 7) is 1.43. The third-order valence-electron chi connectivity index (χ3n) is 4.28. The highest BCUT2D eigenvalue weighted by molar-refractivity contribution is 5.96. The lowest BCUT2D eigenvalue weighted by Crippen LogP contribution is -2.25. The molecule has 0 bridgehead atoms. The predicted octanol–water partition coefficient (Wildman–Crippen LogP) is 2.96. The van der Waals surface area contributed by atoms with E-state index < -0.39 is 6.23 Å². The van der Waals surface area contributed by atoms with Crippen molar-refractivity contribution in [2.24, 2.45) is 5.10 Å². The van der Waals surface area contributed by atoms with E-state index in [4.69, 9.17) is 23.7 Å². The molecule has 2 aromatic rings. The van der Waals surface area contributed by atoms with Crippen molar-refractivity contribution in [3.8, 4) is 23.0 Å². The van der Waals surface area contributed by atoms with Gasteiger partial charge in [-0.2, -0.15) is 5.01 Å². The minimum Gasteiger partial charge on any atom is -0.497 e. The Kier molecular flexibility index (Phi) is 5.58. The molecule has 0 spiro atoms. The Morgan fingerprint density at radius 3 is 2.04 bits per heavy atom. The summed E-state index contributed by atoms with van der Waals surface area (Å²) in [6.07, 6.45) is -0.761. The van der Waals surface area contributed by atoms with Gasteiger partial charge in [0.25, 0.3) is 0 Å². The van der Waals surface area contributed by atoms with Crippen molar-refractivity contribution >= 4 is 11.8 Å². The molecule has 3 rings (SSSR count). The van der Waals surface area contributed by atoms with Crippen LogP contribution in [0.4, 0.5) is 0 Å². The number of hydrazone groups is 1. The number of carbonyl (C=O) groups is 1. The second-order valence-corrected chi connectivity index (χ2v) is 5.93. The van der Waals surface area contributed by atoms with E-state index in [0.29, 0.717) is 34.5 Å². The Bertz CT molecular complexity index is 869. The lowest BCUT2D eigenvalue weighted by Gasteiger charge is -2.21. The number of hydrogen-bond acceptors (Lipinski definition) is 7. The van der Waals surface area contributed by atoms with Crippen LogP contribution in [0.5, 0.6) is 23.0 Å². The van der Waals surface area contributed by atoms with Gasteiger partial charge in [-0.15, -0.1) is 5.10 Å². The number of benzene rings is 2. The molecule has 8 nitrogen and oxygen atoms in total. The number of methoxy groups -OCH3 is 4. The normalized spacial score (nSPS) is 15.5. The zero-order valence-corrected chi connectivity index (χ0v) is 16.4. The first kappa shape index (κ1) is 19.3. The van der Waals surface area contributed by atoms with Gasteiger partial charge >= 0.3 is 0 Å². The molecule has 1 aliphatic rings. The molecule has 0 radical (unpaired) electrons. The van der Waals surface area contributed by atoms with Crippen LogP contribution >= 0.6 is 0 Å². The van der Waals surface area contributed by atoms with E-state index in [1.807, 2.05) is 12.1 Å². The molecule has 1 amide bonds. The smallest absolute Gasteiger partial charge is 0.243 e. The standard InChI is InChI=1S/C20H22N2O6/c1-12(23)22-20(14-10-16(25-3)18(27-5)17(11-14)26-4)28-19(21-22)13-6-8-15(24-2)9-7-13/h6-11,20H,1-5H3. The topological polar surface area (TPSA) is 78.8 Å². The van der Waals surface area contributed by atoms with Crippen LogP contribution in [0.3, 0.4) is 0 Å². The van der Waals surface area contributed by atoms with Crippen LogP contribution in [-0.2, 0) is 9.53 Å². The van der Waals surface area contributed by atoms with Gasteiger partial charge in [-0.3, -0.25) is 4.79 Å². The summed E-state index contributed by atoms with van der Waals surface area (Å²) in [5, 5.41) is 5.63. The third kappa shape index (κ3) is 3.53. The summed E-state index contributed by atoms with van der Waals surface area (Å²) < 4.78 is 27.3. The zero-order valence-electron chi connectivity index (χ0n) is 16.4. The van der Waals surface area contributed by atoms with Crippen molar-refractivity contribution in [1.82, 2.24) is 5.01 Å². The zero-order chi connectivity index (χ0) is 20.3. The van der Waals surface area contributed by atoms with Gasteiger partial charge in [0, 0.05) is 18.1 Å². The summed E-state index contributed by atoms with van der Waals surface area (Å²) >= 11 is 0. The van der Waals surface area contributed by atoms with Crippen LogP contribution in [0.1, 0.15) is 24.3 Å². The van der Waals surface area contributed by atoms with E-state index >= 15 is 0 Å². The third-order valence-corrected chi connectivity index (χ3v) is 4.28. The highest BCUT2D eigenvalue weighted by atomic mass is 16.5. The second-order valence-electron chi connectivity index (χ2n) is 5.93. The van der Waals surface area contributed by atoms with E-state index in [9.17, 15) is 4.79 Å². The quantitative estimate of drug-likeness (QED) is 0.760. The van der Waals surface area contributed by atoms with Crippen LogP contribution in [0, 0.1) is 0 Å². The first-order valence-corrected chi connectivity index (χ1v) is 8.51. The van der Waals surface area contributed by atoms with E-state index in [1.54, 1.807) is 31.4 Å². The maximum absolute atomic E-state index is 12.2. The minimum atomic E-state index is -0.761. The van der Waals surface area contributed by atoms with E-state index in [-0.39, 0.29) is 5.91 Å². The molecule has 8 heteroatoms. The van der Waals surface area contributed by atoms with Crippen molar-refractivity contribution in [2.45, 2.75) is 13.2 Å². The fraction of sp³-hybridized carbons (Fsp3) is 0.300. The monoisotopic (exact) mass is 386 g/mol. The Hall–Kier alpha value is -3.42. The highest BCUT2D eigenvalue weighted by Crippen LogP contribution is 2.42. The van der Waals surface area contributed by atoms with Crippen LogP contribution in [0.2, 0.25) is 0 Å². The van der Waals surface area contributed by atoms with E-state index in [0.717, 1.165) is 5.56 Å². The molecular weight excluding hydrogens is 364 g/mol. The van der Waals surface area contributed by atoms with Gasteiger partial charge in [0.2, 0.25) is 23.8 Å². The minimum absolute atomic E-state index is 0.262. The van der Waals surface area contributed by atoms with Crippen LogP contribution in [0.25, 0.3) is 0 Å². The lowest BCUT2D eigenvalue weighted by atomic mass is 10.1. The number of rotatable bonds is 6. The van der Waals surface area contributed by atoms with Crippen molar-refractivity contribution < 1.29 is 28.5 Å². The Morgan fingerprint density at radius 2 is 1.57 bits per heavy atom. The van der Waals surface area contributed by atoms with Crippen molar-refractivity contribution in [3.05, 3.63) is 47.5 Å². The molecule has 1 aliphatic heterocycles. The Labute approximate surface area is 163 Å². The van der Waals surface area contributed by atoms with Gasteiger partial charge in [-0.05, 0) is 36.4 Å². The van der Waals surface area contributed by atoms with Crippen LogP contribution < -0.4 is 18.9 Å². The average Bonchev–Trinajstić information content (AvgIpc) is 3.18. The number of carbonyl (C=O) groups excluding carboxylic acids is 1. The first-order chi connectivity index (χ1) is 13.5. The maximum atomic E-state index is 12.2. The molecule has 28 heavy (non-hydrogen) atoms. The SMILES string of the molecule is COc1ccc(C2=NN(C(C)=O)C(c3cc(OC)c(OC)c(OC)c3)O2)cc1. The van der Waals surface area contributed by atoms with Crippen LogP contribution in [0.15, 0.2) is 41.5 Å². The van der Waals surface area contributed by atoms with Crippen molar-refractivity contribution in [2.75, 3.05) is 28.4 Å². The largest absolute Gasteiger partial charge is 0.497 e. The van der Waals surface area contributed by atoms with E-state index in [2.05, 4.69) is 5.10 Å². The molecule has 0 aromatic heterocycles. The number of ether oxygens (including phenoxy) is 5. The molecule has 148 valence electrons. The average molecular weight is 386 g/mol. The fourth-order valence-corrected chi connectivity index (χ4v) is 2.88. The fourth-order valence-electron chi connectivity index (χ4n) is 2.88. The summed E-state index contributed by atoms with van der Waals surface area (Å²) in [5.41, 5.74) is 1.36. The number of nitrogens with zero attached hydrogens (tertiary/aromatic N) is 2. The lowest BCUT2D eigenvalue weighted by molar-refractivity contribution is -0.135. The van der Waals surface area contributed by atoms with E-state index in [1.165, 1.54) is 33.3 Å². The van der Waals surface area contributed by atoms with Crippen molar-refractivity contribution in [3.63, 3.8) is 0 Å².